The number of amides is 1. The number of carbonyl (C=O) groups is 1. The molecule has 2 aromatic heterocycles. The summed E-state index contributed by atoms with van der Waals surface area (Å²) in [6.07, 6.45) is 3.55. The normalized spacial score (nSPS) is 10.5. The number of aromatic nitrogens is 4. The Hall–Kier alpha value is -1.15. The van der Waals surface area contributed by atoms with Gasteiger partial charge in [-0.3, -0.25) is 14.6 Å². The Balaban J connectivity index is 2.00. The van der Waals surface area contributed by atoms with Gasteiger partial charge < -0.3 is 5.32 Å². The maximum absolute atomic E-state index is 11.8. The van der Waals surface area contributed by atoms with E-state index in [0.29, 0.717) is 21.3 Å². The average Bonchev–Trinajstić information content (AvgIpc) is 2.84. The van der Waals surface area contributed by atoms with Crippen LogP contribution in [0, 0.1) is 0 Å². The fraction of sp³-hybridized carbons (Fsp3) is 0.222. The van der Waals surface area contributed by atoms with Crippen molar-refractivity contribution < 1.29 is 4.79 Å². The standard InChI is InChI=1S/C9H9Br2N5O/c1-16-4-5(3-13-16)2-12-9(17)7-6(10)8(11)15-14-7/h3-4H,2H2,1H3,(H,12,17)(H,14,15). The van der Waals surface area contributed by atoms with Crippen LogP contribution in [0.3, 0.4) is 0 Å². The number of aromatic amines is 1. The summed E-state index contributed by atoms with van der Waals surface area (Å²) in [4.78, 5) is 11.8. The first kappa shape index (κ1) is 12.3. The highest BCUT2D eigenvalue weighted by Crippen LogP contribution is 2.23. The van der Waals surface area contributed by atoms with Crippen molar-refractivity contribution in [3.8, 4) is 0 Å². The van der Waals surface area contributed by atoms with Crippen LogP contribution in [0.15, 0.2) is 21.5 Å². The van der Waals surface area contributed by atoms with Crippen molar-refractivity contribution in [3.05, 3.63) is 32.7 Å². The highest BCUT2D eigenvalue weighted by molar-refractivity contribution is 9.13. The van der Waals surface area contributed by atoms with Gasteiger partial charge in [0.05, 0.1) is 10.7 Å². The van der Waals surface area contributed by atoms with Gasteiger partial charge >= 0.3 is 0 Å². The van der Waals surface area contributed by atoms with E-state index in [2.05, 4.69) is 52.5 Å². The number of H-pyrrole nitrogens is 1. The van der Waals surface area contributed by atoms with Crippen molar-refractivity contribution in [1.29, 1.82) is 0 Å². The van der Waals surface area contributed by atoms with Crippen LogP contribution in [0.4, 0.5) is 0 Å². The van der Waals surface area contributed by atoms with Crippen molar-refractivity contribution in [2.75, 3.05) is 0 Å². The van der Waals surface area contributed by atoms with E-state index in [1.54, 1.807) is 10.9 Å². The van der Waals surface area contributed by atoms with Crippen molar-refractivity contribution >= 4 is 37.8 Å². The van der Waals surface area contributed by atoms with Gasteiger partial charge in [-0.25, -0.2) is 0 Å². The SMILES string of the molecule is Cn1cc(CNC(=O)c2n[nH]c(Br)c2Br)cn1. The molecule has 8 heteroatoms. The quantitative estimate of drug-likeness (QED) is 0.870. The molecule has 0 atom stereocenters. The molecule has 0 aliphatic rings. The summed E-state index contributed by atoms with van der Waals surface area (Å²) in [5.74, 6) is -0.248. The van der Waals surface area contributed by atoms with Crippen molar-refractivity contribution in [2.24, 2.45) is 7.05 Å². The minimum Gasteiger partial charge on any atom is -0.346 e. The number of aryl methyl sites for hydroxylation is 1. The number of halogens is 2. The molecule has 0 saturated heterocycles. The van der Waals surface area contributed by atoms with Gasteiger partial charge in [-0.15, -0.1) is 0 Å². The van der Waals surface area contributed by atoms with Gasteiger partial charge in [0, 0.05) is 25.4 Å². The highest BCUT2D eigenvalue weighted by Gasteiger charge is 2.16. The first-order chi connectivity index (χ1) is 8.08. The third-order valence-electron chi connectivity index (χ3n) is 2.09. The minimum atomic E-state index is -0.248. The Morgan fingerprint density at radius 3 is 2.88 bits per heavy atom. The molecule has 0 radical (unpaired) electrons. The molecule has 0 aliphatic carbocycles. The second-order valence-corrected chi connectivity index (χ2v) is 4.99. The molecule has 0 fully saturated rings. The minimum absolute atomic E-state index is 0.248. The van der Waals surface area contributed by atoms with Gasteiger partial charge in [0.1, 0.15) is 4.60 Å². The summed E-state index contributed by atoms with van der Waals surface area (Å²) in [7, 11) is 1.83. The molecular weight excluding hydrogens is 354 g/mol. The summed E-state index contributed by atoms with van der Waals surface area (Å²) in [5.41, 5.74) is 1.26. The predicted octanol–water partition coefficient (Wildman–Crippen LogP) is 1.60. The third-order valence-corrected chi connectivity index (χ3v) is 3.97. The number of nitrogens with one attached hydrogen (secondary N) is 2. The van der Waals surface area contributed by atoms with Crippen LogP contribution in [-0.4, -0.2) is 25.9 Å². The lowest BCUT2D eigenvalue weighted by molar-refractivity contribution is 0.0945. The second-order valence-electron chi connectivity index (χ2n) is 3.41. The van der Waals surface area contributed by atoms with E-state index >= 15 is 0 Å². The molecule has 0 saturated carbocycles. The van der Waals surface area contributed by atoms with Crippen molar-refractivity contribution in [3.63, 3.8) is 0 Å². The fourth-order valence-electron chi connectivity index (χ4n) is 1.29. The molecule has 2 N–H and O–H groups in total. The van der Waals surface area contributed by atoms with Crippen LogP contribution in [0.2, 0.25) is 0 Å². The summed E-state index contributed by atoms with van der Waals surface area (Å²) in [5, 5.41) is 13.3. The van der Waals surface area contributed by atoms with E-state index in [-0.39, 0.29) is 5.91 Å². The Bertz CT molecular complexity index is 547. The molecule has 0 bridgehead atoms. The van der Waals surface area contributed by atoms with Gasteiger partial charge in [-0.05, 0) is 31.9 Å². The van der Waals surface area contributed by atoms with E-state index in [0.717, 1.165) is 5.56 Å². The number of rotatable bonds is 3. The lowest BCUT2D eigenvalue weighted by Gasteiger charge is -2.00. The van der Waals surface area contributed by atoms with E-state index in [1.807, 2.05) is 13.2 Å². The van der Waals surface area contributed by atoms with E-state index in [9.17, 15) is 4.79 Å². The van der Waals surface area contributed by atoms with Crippen LogP contribution in [-0.2, 0) is 13.6 Å². The zero-order valence-electron chi connectivity index (χ0n) is 8.87. The maximum Gasteiger partial charge on any atom is 0.273 e. The topological polar surface area (TPSA) is 75.6 Å². The lowest BCUT2D eigenvalue weighted by atomic mass is 10.3. The average molecular weight is 363 g/mol. The maximum atomic E-state index is 11.8. The van der Waals surface area contributed by atoms with E-state index < -0.39 is 0 Å². The van der Waals surface area contributed by atoms with Crippen molar-refractivity contribution in [1.82, 2.24) is 25.3 Å². The largest absolute Gasteiger partial charge is 0.346 e. The Morgan fingerprint density at radius 2 is 2.35 bits per heavy atom. The monoisotopic (exact) mass is 361 g/mol. The van der Waals surface area contributed by atoms with Crippen LogP contribution >= 0.6 is 31.9 Å². The van der Waals surface area contributed by atoms with Crippen molar-refractivity contribution in [2.45, 2.75) is 6.54 Å². The van der Waals surface area contributed by atoms with Crippen LogP contribution in [0.25, 0.3) is 0 Å². The highest BCUT2D eigenvalue weighted by atomic mass is 79.9. The van der Waals surface area contributed by atoms with Gasteiger partial charge in [0.15, 0.2) is 5.69 Å². The third kappa shape index (κ3) is 2.75. The van der Waals surface area contributed by atoms with Gasteiger partial charge in [-0.2, -0.15) is 10.2 Å². The van der Waals surface area contributed by atoms with Crippen LogP contribution < -0.4 is 5.32 Å². The number of carbonyl (C=O) groups excluding carboxylic acids is 1. The van der Waals surface area contributed by atoms with Gasteiger partial charge in [0.25, 0.3) is 5.91 Å². The predicted molar refractivity (Wildman–Crippen MR) is 68.4 cm³/mol. The Labute approximate surface area is 114 Å². The van der Waals surface area contributed by atoms with Crippen LogP contribution in [0.1, 0.15) is 16.1 Å². The summed E-state index contributed by atoms with van der Waals surface area (Å²) >= 11 is 6.49. The molecule has 6 nitrogen and oxygen atoms in total. The molecule has 0 unspecified atom stereocenters. The van der Waals surface area contributed by atoms with E-state index in [4.69, 9.17) is 0 Å². The summed E-state index contributed by atoms with van der Waals surface area (Å²) in [6, 6.07) is 0. The molecule has 2 heterocycles. The molecular formula is C9H9Br2N5O. The number of hydrogen-bond acceptors (Lipinski definition) is 3. The van der Waals surface area contributed by atoms with Crippen LogP contribution in [0.5, 0.6) is 0 Å². The van der Waals surface area contributed by atoms with Gasteiger partial charge in [0.2, 0.25) is 0 Å². The zero-order chi connectivity index (χ0) is 12.4. The van der Waals surface area contributed by atoms with E-state index in [1.165, 1.54) is 0 Å². The smallest absolute Gasteiger partial charge is 0.273 e. The molecule has 0 aromatic carbocycles. The summed E-state index contributed by atoms with van der Waals surface area (Å²) < 4.78 is 2.94. The molecule has 0 aliphatic heterocycles. The molecule has 90 valence electrons. The first-order valence-electron chi connectivity index (χ1n) is 4.73. The molecule has 17 heavy (non-hydrogen) atoms. The number of nitrogens with zero attached hydrogens (tertiary/aromatic N) is 3. The molecule has 1 amide bonds. The number of hydrogen-bond donors (Lipinski definition) is 2. The fourth-order valence-corrected chi connectivity index (χ4v) is 1.92. The van der Waals surface area contributed by atoms with Gasteiger partial charge in [-0.1, -0.05) is 0 Å². The molecule has 2 aromatic rings. The first-order valence-corrected chi connectivity index (χ1v) is 6.31. The Morgan fingerprint density at radius 1 is 1.59 bits per heavy atom. The molecule has 2 rings (SSSR count). The molecule has 0 spiro atoms. The Kier molecular flexibility index (Phi) is 3.63. The lowest BCUT2D eigenvalue weighted by Crippen LogP contribution is -2.23. The summed E-state index contributed by atoms with van der Waals surface area (Å²) in [6.45, 7) is 0.420. The zero-order valence-corrected chi connectivity index (χ0v) is 12.0. The second kappa shape index (κ2) is 5.01.